The van der Waals surface area contributed by atoms with Gasteiger partial charge in [0.1, 0.15) is 11.4 Å². The molecule has 8 heteroatoms. The van der Waals surface area contributed by atoms with Gasteiger partial charge in [-0.25, -0.2) is 9.67 Å². The third-order valence-corrected chi connectivity index (χ3v) is 6.79. The van der Waals surface area contributed by atoms with Crippen LogP contribution >= 0.6 is 0 Å². The molecular formula is C25H32N8. The van der Waals surface area contributed by atoms with E-state index in [2.05, 4.69) is 67.9 Å². The van der Waals surface area contributed by atoms with Crippen LogP contribution in [0.3, 0.4) is 0 Å². The lowest BCUT2D eigenvalue weighted by molar-refractivity contribution is 0.425. The fraction of sp³-hybridized carbons (Fsp3) is 0.480. The van der Waals surface area contributed by atoms with Gasteiger partial charge in [0, 0.05) is 18.9 Å². The van der Waals surface area contributed by atoms with E-state index in [-0.39, 0.29) is 0 Å². The number of unbranched alkanes of at least 4 members (excludes halogenated alkanes) is 1. The Balaban J connectivity index is 1.39. The highest BCUT2D eigenvalue weighted by molar-refractivity contribution is 5.42. The summed E-state index contributed by atoms with van der Waals surface area (Å²) >= 11 is 0. The van der Waals surface area contributed by atoms with Gasteiger partial charge in [0.05, 0.1) is 0 Å². The fourth-order valence-corrected chi connectivity index (χ4v) is 4.87. The molecule has 8 nitrogen and oxygen atoms in total. The second kappa shape index (κ2) is 9.68. The predicted molar refractivity (Wildman–Crippen MR) is 126 cm³/mol. The molecule has 1 aromatic carbocycles. The average Bonchev–Trinajstić information content (AvgIpc) is 3.55. The Labute approximate surface area is 194 Å². The topological polar surface area (TPSA) is 97.2 Å². The van der Waals surface area contributed by atoms with Crippen LogP contribution in [0.4, 0.5) is 0 Å². The number of rotatable bonds is 8. The highest BCUT2D eigenvalue weighted by atomic mass is 15.5. The first-order valence-electron chi connectivity index (χ1n) is 12.2. The molecule has 0 spiro atoms. The van der Waals surface area contributed by atoms with Crippen molar-refractivity contribution in [2.75, 3.05) is 0 Å². The van der Waals surface area contributed by atoms with Crippen molar-refractivity contribution in [3.05, 3.63) is 77.3 Å². The number of nitrogens with zero attached hydrogens (tertiary/aromatic N) is 6. The summed E-state index contributed by atoms with van der Waals surface area (Å²) in [6.45, 7) is 3.16. The summed E-state index contributed by atoms with van der Waals surface area (Å²) in [5.41, 5.74) is 1.65. The first-order chi connectivity index (χ1) is 16.3. The first kappa shape index (κ1) is 21.6. The zero-order valence-corrected chi connectivity index (χ0v) is 19.2. The largest absolute Gasteiger partial charge is 0.372 e. The molecule has 0 radical (unpaired) electrons. The van der Waals surface area contributed by atoms with Crippen LogP contribution in [0.15, 0.2) is 48.7 Å². The Morgan fingerprint density at radius 3 is 2.64 bits per heavy atom. The second-order valence-corrected chi connectivity index (χ2v) is 9.08. The molecule has 2 aliphatic rings. The molecule has 33 heavy (non-hydrogen) atoms. The summed E-state index contributed by atoms with van der Waals surface area (Å²) in [4.78, 5) is 5.04. The van der Waals surface area contributed by atoms with Gasteiger partial charge in [-0.1, -0.05) is 68.2 Å². The molecule has 5 rings (SSSR count). The van der Waals surface area contributed by atoms with Crippen molar-refractivity contribution in [2.45, 2.75) is 76.3 Å². The maximum absolute atomic E-state index is 5.04. The standard InChI is InChI=1S/C25H32N8/c1-2-3-17-33-22(27-23(30-33)20-9-5-4-6-10-20)18-19-11-13-21(14-12-19)25(15-7-8-16-26-25)24-28-31-32-29-24/h7-8,11-16,20,26H,2-6,9-10,17-18H2,1H3,(H,28,29,31,32). The number of dihydropyridines is 1. The molecule has 1 aliphatic carbocycles. The van der Waals surface area contributed by atoms with Crippen LogP contribution < -0.4 is 5.32 Å². The molecule has 3 aromatic rings. The number of aromatic nitrogens is 7. The van der Waals surface area contributed by atoms with Gasteiger partial charge >= 0.3 is 0 Å². The van der Waals surface area contributed by atoms with Crippen molar-refractivity contribution >= 4 is 0 Å². The number of nitrogens with one attached hydrogen (secondary N) is 2. The van der Waals surface area contributed by atoms with E-state index in [1.807, 2.05) is 18.4 Å². The monoisotopic (exact) mass is 444 g/mol. The van der Waals surface area contributed by atoms with Crippen molar-refractivity contribution in [1.82, 2.24) is 40.7 Å². The number of allylic oxidation sites excluding steroid dienone is 2. The molecule has 172 valence electrons. The SMILES string of the molecule is CCCCn1nc(C2CCCCC2)nc1Cc1ccc(C2(c3nn[nH]n3)C=CC=CN2)cc1. The summed E-state index contributed by atoms with van der Waals surface area (Å²) in [7, 11) is 0. The predicted octanol–water partition coefficient (Wildman–Crippen LogP) is 4.15. The Kier molecular flexibility index (Phi) is 6.32. The molecule has 0 bridgehead atoms. The van der Waals surface area contributed by atoms with Crippen LogP contribution in [-0.4, -0.2) is 35.4 Å². The highest BCUT2D eigenvalue weighted by Crippen LogP contribution is 2.32. The maximum Gasteiger partial charge on any atom is 0.208 e. The Hall–Kier alpha value is -3.29. The normalized spacial score (nSPS) is 20.8. The average molecular weight is 445 g/mol. The molecule has 1 saturated carbocycles. The molecule has 2 aromatic heterocycles. The number of hydrogen-bond acceptors (Lipinski definition) is 6. The van der Waals surface area contributed by atoms with Gasteiger partial charge < -0.3 is 5.32 Å². The van der Waals surface area contributed by atoms with Gasteiger partial charge in [0.25, 0.3) is 0 Å². The quantitative estimate of drug-likeness (QED) is 0.542. The van der Waals surface area contributed by atoms with E-state index in [1.165, 1.54) is 37.7 Å². The third kappa shape index (κ3) is 4.47. The summed E-state index contributed by atoms with van der Waals surface area (Å²) in [5, 5.41) is 23.2. The number of hydrogen-bond donors (Lipinski definition) is 2. The van der Waals surface area contributed by atoms with Crippen molar-refractivity contribution in [1.29, 1.82) is 0 Å². The third-order valence-electron chi connectivity index (χ3n) is 6.79. The Morgan fingerprint density at radius 2 is 1.94 bits per heavy atom. The maximum atomic E-state index is 5.04. The number of aromatic amines is 1. The van der Waals surface area contributed by atoms with E-state index < -0.39 is 5.54 Å². The van der Waals surface area contributed by atoms with Crippen LogP contribution in [0.25, 0.3) is 0 Å². The lowest BCUT2D eigenvalue weighted by atomic mass is 9.86. The Bertz CT molecular complexity index is 1090. The van der Waals surface area contributed by atoms with Crippen LogP contribution in [-0.2, 0) is 18.5 Å². The van der Waals surface area contributed by atoms with Crippen molar-refractivity contribution in [3.8, 4) is 0 Å². The zero-order valence-electron chi connectivity index (χ0n) is 19.2. The highest BCUT2D eigenvalue weighted by Gasteiger charge is 2.36. The minimum Gasteiger partial charge on any atom is -0.372 e. The summed E-state index contributed by atoms with van der Waals surface area (Å²) in [5.74, 6) is 3.24. The molecule has 3 heterocycles. The molecule has 2 N–H and O–H groups in total. The number of aryl methyl sites for hydroxylation is 1. The van der Waals surface area contributed by atoms with Crippen LogP contribution in [0, 0.1) is 0 Å². The van der Waals surface area contributed by atoms with Gasteiger partial charge in [-0.2, -0.15) is 10.3 Å². The van der Waals surface area contributed by atoms with E-state index in [4.69, 9.17) is 10.1 Å². The van der Waals surface area contributed by atoms with Gasteiger partial charge in [-0.3, -0.25) is 0 Å². The molecule has 1 aliphatic heterocycles. The minimum absolute atomic E-state index is 0.523. The van der Waals surface area contributed by atoms with Crippen molar-refractivity contribution in [3.63, 3.8) is 0 Å². The van der Waals surface area contributed by atoms with E-state index in [1.54, 1.807) is 0 Å². The van der Waals surface area contributed by atoms with Crippen LogP contribution in [0.2, 0.25) is 0 Å². The molecule has 1 unspecified atom stereocenters. The minimum atomic E-state index is -0.629. The summed E-state index contributed by atoms with van der Waals surface area (Å²) in [6, 6.07) is 8.61. The van der Waals surface area contributed by atoms with E-state index >= 15 is 0 Å². The lowest BCUT2D eigenvalue weighted by Gasteiger charge is -2.30. The molecular weight excluding hydrogens is 412 g/mol. The molecule has 0 amide bonds. The first-order valence-corrected chi connectivity index (χ1v) is 12.2. The summed E-state index contributed by atoms with van der Waals surface area (Å²) < 4.78 is 2.15. The van der Waals surface area contributed by atoms with Gasteiger partial charge in [0.15, 0.2) is 5.82 Å². The zero-order chi connectivity index (χ0) is 22.5. The van der Waals surface area contributed by atoms with Crippen molar-refractivity contribution < 1.29 is 0 Å². The van der Waals surface area contributed by atoms with Crippen LogP contribution in [0.1, 0.15) is 86.4 Å². The number of benzene rings is 1. The lowest BCUT2D eigenvalue weighted by Crippen LogP contribution is -2.40. The molecule has 1 atom stereocenters. The van der Waals surface area contributed by atoms with Gasteiger partial charge in [0.2, 0.25) is 5.82 Å². The van der Waals surface area contributed by atoms with E-state index in [9.17, 15) is 0 Å². The van der Waals surface area contributed by atoms with Gasteiger partial charge in [-0.15, -0.1) is 10.2 Å². The van der Waals surface area contributed by atoms with Gasteiger partial charge in [-0.05, 0) is 48.7 Å². The van der Waals surface area contributed by atoms with Crippen molar-refractivity contribution in [2.24, 2.45) is 0 Å². The van der Waals surface area contributed by atoms with E-state index in [0.717, 1.165) is 43.0 Å². The molecule has 1 fully saturated rings. The summed E-state index contributed by atoms with van der Waals surface area (Å²) in [6.07, 6.45) is 17.4. The van der Waals surface area contributed by atoms with Crippen LogP contribution in [0.5, 0.6) is 0 Å². The smallest absolute Gasteiger partial charge is 0.208 e. The second-order valence-electron chi connectivity index (χ2n) is 9.08. The Morgan fingerprint density at radius 1 is 1.09 bits per heavy atom. The number of H-pyrrole nitrogens is 1. The van der Waals surface area contributed by atoms with E-state index in [0.29, 0.717) is 11.7 Å². The fourth-order valence-electron chi connectivity index (χ4n) is 4.87. The number of tetrazole rings is 1. The molecule has 0 saturated heterocycles.